The third-order valence-electron chi connectivity index (χ3n) is 1.66. The van der Waals surface area contributed by atoms with Gasteiger partial charge in [0, 0.05) is 12.1 Å². The topological polar surface area (TPSA) is 101 Å². The lowest BCUT2D eigenvalue weighted by molar-refractivity contribution is 0.466. The number of rotatable bonds is 1. The van der Waals surface area contributed by atoms with Crippen LogP contribution >= 0.6 is 0 Å². The molecule has 0 unspecified atom stereocenters. The summed E-state index contributed by atoms with van der Waals surface area (Å²) in [5.74, 6) is -0.0880. The van der Waals surface area contributed by atoms with Crippen molar-refractivity contribution in [3.8, 4) is 11.6 Å². The number of hydrogen-bond acceptors (Lipinski definition) is 5. The Morgan fingerprint density at radius 3 is 2.73 bits per heavy atom. The quantitative estimate of drug-likeness (QED) is 0.624. The summed E-state index contributed by atoms with van der Waals surface area (Å²) in [5, 5.41) is 18.6. The van der Waals surface area contributed by atoms with Crippen molar-refractivity contribution in [2.45, 2.75) is 0 Å². The Balaban J connectivity index is 2.65. The maximum atomic E-state index is 11.3. The first-order valence-electron chi connectivity index (χ1n) is 4.00. The molecule has 0 aliphatic heterocycles. The molecular formula is C8H6N4O3. The zero-order valence-corrected chi connectivity index (χ0v) is 7.41. The number of aromatic amines is 1. The van der Waals surface area contributed by atoms with E-state index in [0.717, 1.165) is 23.1 Å². The average Bonchev–Trinajstić information content (AvgIpc) is 2.17. The Labute approximate surface area is 82.6 Å². The molecule has 0 saturated carbocycles. The van der Waals surface area contributed by atoms with Crippen LogP contribution < -0.4 is 11.0 Å². The van der Waals surface area contributed by atoms with Crippen molar-refractivity contribution >= 4 is 0 Å². The Morgan fingerprint density at radius 1 is 1.27 bits per heavy atom. The minimum atomic E-state index is -0.557. The minimum absolute atomic E-state index is 0.146. The van der Waals surface area contributed by atoms with Crippen molar-refractivity contribution in [2.75, 3.05) is 0 Å². The van der Waals surface area contributed by atoms with Crippen LogP contribution in [0.1, 0.15) is 0 Å². The second-order valence-corrected chi connectivity index (χ2v) is 2.77. The molecule has 0 radical (unpaired) electrons. The summed E-state index contributed by atoms with van der Waals surface area (Å²) in [5.41, 5.74) is -0.899. The van der Waals surface area contributed by atoms with Crippen LogP contribution in [-0.2, 0) is 0 Å². The molecule has 0 aromatic carbocycles. The lowest BCUT2D eigenvalue weighted by Gasteiger charge is -2.01. The van der Waals surface area contributed by atoms with E-state index in [1.54, 1.807) is 0 Å². The van der Waals surface area contributed by atoms with Crippen LogP contribution in [0.25, 0.3) is 5.82 Å². The molecule has 76 valence electrons. The highest BCUT2D eigenvalue weighted by Gasteiger charge is 2.02. The van der Waals surface area contributed by atoms with E-state index < -0.39 is 5.56 Å². The third kappa shape index (κ3) is 1.75. The fourth-order valence-electron chi connectivity index (χ4n) is 1.05. The molecule has 0 atom stereocenters. The van der Waals surface area contributed by atoms with Gasteiger partial charge in [0.05, 0.1) is 12.4 Å². The van der Waals surface area contributed by atoms with Gasteiger partial charge in [-0.2, -0.15) is 14.9 Å². The van der Waals surface area contributed by atoms with Gasteiger partial charge in [-0.1, -0.05) is 0 Å². The van der Waals surface area contributed by atoms with Gasteiger partial charge in [0.25, 0.3) is 5.56 Å². The number of H-pyrrole nitrogens is 1. The van der Waals surface area contributed by atoms with Crippen LogP contribution in [0.4, 0.5) is 0 Å². The first kappa shape index (κ1) is 9.13. The molecule has 0 fully saturated rings. The average molecular weight is 206 g/mol. The van der Waals surface area contributed by atoms with Gasteiger partial charge in [0.2, 0.25) is 5.43 Å². The minimum Gasteiger partial charge on any atom is -0.506 e. The van der Waals surface area contributed by atoms with Gasteiger partial charge in [0.1, 0.15) is 5.75 Å². The molecule has 2 rings (SSSR count). The summed E-state index contributed by atoms with van der Waals surface area (Å²) < 4.78 is 0.925. The van der Waals surface area contributed by atoms with E-state index >= 15 is 0 Å². The first-order valence-corrected chi connectivity index (χ1v) is 4.00. The molecule has 2 N–H and O–H groups in total. The summed E-state index contributed by atoms with van der Waals surface area (Å²) in [6.07, 6.45) is 2.17. The second-order valence-electron chi connectivity index (χ2n) is 2.77. The number of hydrogen-bond donors (Lipinski definition) is 2. The number of nitrogens with one attached hydrogen (secondary N) is 1. The molecule has 0 amide bonds. The molecule has 2 heterocycles. The predicted molar refractivity (Wildman–Crippen MR) is 49.9 cm³/mol. The molecule has 0 aliphatic rings. The zero-order chi connectivity index (χ0) is 10.8. The van der Waals surface area contributed by atoms with Crippen molar-refractivity contribution in [3.63, 3.8) is 0 Å². The standard InChI is InChI=1S/C8H6N4O3/c13-5-1-7(11-9-3-5)12-8(15)2-6(14)4-10-12/h1-4,14H,(H,11,13). The number of nitrogens with zero attached hydrogens (tertiary/aromatic N) is 3. The highest BCUT2D eigenvalue weighted by Crippen LogP contribution is 2.00. The Kier molecular flexibility index (Phi) is 2.05. The van der Waals surface area contributed by atoms with Gasteiger partial charge in [0.15, 0.2) is 5.82 Å². The summed E-state index contributed by atoms with van der Waals surface area (Å²) in [6, 6.07) is 2.16. The molecular weight excluding hydrogens is 200 g/mol. The van der Waals surface area contributed by atoms with E-state index in [0.29, 0.717) is 0 Å². The third-order valence-corrected chi connectivity index (χ3v) is 1.66. The number of aromatic hydroxyl groups is 1. The van der Waals surface area contributed by atoms with E-state index in [1.165, 1.54) is 6.07 Å². The van der Waals surface area contributed by atoms with E-state index in [9.17, 15) is 9.59 Å². The monoisotopic (exact) mass is 206 g/mol. The Morgan fingerprint density at radius 2 is 2.07 bits per heavy atom. The fourth-order valence-corrected chi connectivity index (χ4v) is 1.05. The van der Waals surface area contributed by atoms with Gasteiger partial charge in [-0.15, -0.1) is 0 Å². The van der Waals surface area contributed by atoms with Crippen molar-refractivity contribution in [1.29, 1.82) is 0 Å². The van der Waals surface area contributed by atoms with Crippen LogP contribution in [0.15, 0.2) is 34.1 Å². The van der Waals surface area contributed by atoms with Crippen LogP contribution in [0.5, 0.6) is 5.75 Å². The summed E-state index contributed by atoms with van der Waals surface area (Å²) >= 11 is 0. The molecule has 0 spiro atoms. The Hall–Kier alpha value is -2.44. The van der Waals surface area contributed by atoms with Crippen LogP contribution in [0.2, 0.25) is 0 Å². The maximum Gasteiger partial charge on any atom is 0.276 e. The lowest BCUT2D eigenvalue weighted by Crippen LogP contribution is -2.22. The van der Waals surface area contributed by atoms with Crippen molar-refractivity contribution in [1.82, 2.24) is 20.0 Å². The fraction of sp³-hybridized carbons (Fsp3) is 0. The molecule has 0 aliphatic carbocycles. The van der Waals surface area contributed by atoms with Gasteiger partial charge in [-0.05, 0) is 0 Å². The zero-order valence-electron chi connectivity index (χ0n) is 7.41. The smallest absolute Gasteiger partial charge is 0.276 e. The highest BCUT2D eigenvalue weighted by molar-refractivity contribution is 5.20. The largest absolute Gasteiger partial charge is 0.506 e. The number of aromatic nitrogens is 4. The molecule has 0 bridgehead atoms. The van der Waals surface area contributed by atoms with E-state index in [4.69, 9.17) is 5.11 Å². The predicted octanol–water partition coefficient (Wildman–Crippen LogP) is -0.979. The van der Waals surface area contributed by atoms with Crippen molar-refractivity contribution in [2.24, 2.45) is 0 Å². The van der Waals surface area contributed by atoms with E-state index in [2.05, 4.69) is 15.3 Å². The molecule has 0 saturated heterocycles. The van der Waals surface area contributed by atoms with Gasteiger partial charge in [-0.25, -0.2) is 0 Å². The van der Waals surface area contributed by atoms with Crippen LogP contribution in [0.3, 0.4) is 0 Å². The van der Waals surface area contributed by atoms with Crippen LogP contribution in [0, 0.1) is 0 Å². The molecule has 2 aromatic heterocycles. The Bertz CT molecular complexity index is 601. The van der Waals surface area contributed by atoms with Crippen LogP contribution in [-0.4, -0.2) is 25.1 Å². The molecule has 7 heteroatoms. The van der Waals surface area contributed by atoms with Crippen molar-refractivity contribution in [3.05, 3.63) is 45.1 Å². The van der Waals surface area contributed by atoms with Crippen molar-refractivity contribution < 1.29 is 5.11 Å². The molecule has 2 aromatic rings. The van der Waals surface area contributed by atoms with Gasteiger partial charge < -0.3 is 5.11 Å². The van der Waals surface area contributed by atoms with E-state index in [1.807, 2.05) is 0 Å². The highest BCUT2D eigenvalue weighted by atomic mass is 16.3. The normalized spacial score (nSPS) is 10.1. The SMILES string of the molecule is O=c1cn[nH]c(-n2ncc(O)cc2=O)c1. The second kappa shape index (κ2) is 3.37. The summed E-state index contributed by atoms with van der Waals surface area (Å²) in [4.78, 5) is 22.3. The van der Waals surface area contributed by atoms with E-state index in [-0.39, 0.29) is 17.0 Å². The van der Waals surface area contributed by atoms with Gasteiger partial charge >= 0.3 is 0 Å². The molecule has 7 nitrogen and oxygen atoms in total. The summed E-state index contributed by atoms with van der Waals surface area (Å²) in [6.45, 7) is 0. The molecule has 15 heavy (non-hydrogen) atoms. The maximum absolute atomic E-state index is 11.3. The lowest BCUT2D eigenvalue weighted by atomic mass is 10.5. The summed E-state index contributed by atoms with van der Waals surface area (Å²) in [7, 11) is 0. The first-order chi connectivity index (χ1) is 7.16. The van der Waals surface area contributed by atoms with Gasteiger partial charge in [-0.3, -0.25) is 14.7 Å².